The predicted molar refractivity (Wildman–Crippen MR) is 137 cm³/mol. The van der Waals surface area contributed by atoms with Crippen molar-refractivity contribution in [1.29, 1.82) is 0 Å². The lowest BCUT2D eigenvalue weighted by Gasteiger charge is -2.55. The monoisotopic (exact) mass is 472 g/mol. The first-order valence-corrected chi connectivity index (χ1v) is 13.2. The number of piperidine rings is 1. The Morgan fingerprint density at radius 1 is 1.09 bits per heavy atom. The first-order valence-electron chi connectivity index (χ1n) is 13.2. The summed E-state index contributed by atoms with van der Waals surface area (Å²) < 4.78 is 7.80. The van der Waals surface area contributed by atoms with Gasteiger partial charge < -0.3 is 9.64 Å². The van der Waals surface area contributed by atoms with Crippen molar-refractivity contribution in [2.75, 3.05) is 37.7 Å². The summed E-state index contributed by atoms with van der Waals surface area (Å²) in [6.07, 6.45) is 10.3. The first kappa shape index (κ1) is 22.7. The van der Waals surface area contributed by atoms with E-state index in [9.17, 15) is 0 Å². The topological polar surface area (TPSA) is 59.3 Å². The van der Waals surface area contributed by atoms with Gasteiger partial charge in [0.15, 0.2) is 0 Å². The van der Waals surface area contributed by atoms with E-state index < -0.39 is 0 Å². The Hall–Kier alpha value is -2.77. The minimum Gasteiger partial charge on any atom is -0.376 e. The highest BCUT2D eigenvalue weighted by molar-refractivity contribution is 5.67. The molecule has 1 unspecified atom stereocenters. The van der Waals surface area contributed by atoms with Gasteiger partial charge in [-0.3, -0.25) is 9.88 Å². The third kappa shape index (κ3) is 4.98. The summed E-state index contributed by atoms with van der Waals surface area (Å²) in [5, 5.41) is 8.83. The van der Waals surface area contributed by atoms with Crippen molar-refractivity contribution in [2.24, 2.45) is 5.41 Å². The van der Waals surface area contributed by atoms with E-state index in [2.05, 4.69) is 68.5 Å². The third-order valence-electron chi connectivity index (χ3n) is 8.14. The maximum Gasteiger partial charge on any atom is 0.113 e. The normalized spacial score (nSPS) is 22.3. The zero-order chi connectivity index (χ0) is 23.7. The number of hydrogen-bond donors (Lipinski definition) is 0. The average Bonchev–Trinajstić information content (AvgIpc) is 3.32. The molecule has 0 N–H and O–H groups in total. The molecular weight excluding hydrogens is 436 g/mol. The molecule has 3 aliphatic heterocycles. The fourth-order valence-corrected chi connectivity index (χ4v) is 5.97. The van der Waals surface area contributed by atoms with Crippen LogP contribution in [0.1, 0.15) is 43.4 Å². The van der Waals surface area contributed by atoms with Gasteiger partial charge in [0.05, 0.1) is 24.5 Å². The lowest BCUT2D eigenvalue weighted by atomic mass is 9.71. The Labute approximate surface area is 208 Å². The van der Waals surface area contributed by atoms with Crippen molar-refractivity contribution < 1.29 is 4.74 Å². The van der Waals surface area contributed by atoms with Crippen molar-refractivity contribution >= 4 is 5.69 Å². The number of pyridine rings is 1. The molecule has 1 spiro atoms. The Morgan fingerprint density at radius 2 is 1.97 bits per heavy atom. The number of hydrogen-bond acceptors (Lipinski definition) is 6. The summed E-state index contributed by atoms with van der Waals surface area (Å²) in [4.78, 5) is 9.60. The average molecular weight is 473 g/mol. The fraction of sp³-hybridized carbons (Fsp3) is 0.536. The molecule has 0 radical (unpaired) electrons. The van der Waals surface area contributed by atoms with Crippen molar-refractivity contribution in [3.05, 3.63) is 60.0 Å². The molecule has 6 rings (SSSR count). The number of aromatic nitrogens is 4. The maximum absolute atomic E-state index is 5.86. The molecule has 5 heterocycles. The second kappa shape index (κ2) is 9.70. The van der Waals surface area contributed by atoms with Gasteiger partial charge in [-0.2, -0.15) is 0 Å². The van der Waals surface area contributed by atoms with Crippen LogP contribution in [0.2, 0.25) is 0 Å². The van der Waals surface area contributed by atoms with E-state index in [-0.39, 0.29) is 6.10 Å². The number of ether oxygens (including phenoxy) is 1. The molecular formula is C28H36N6O. The van der Waals surface area contributed by atoms with E-state index in [0.29, 0.717) is 5.41 Å². The van der Waals surface area contributed by atoms with E-state index in [1.807, 2.05) is 16.9 Å². The molecule has 1 aromatic carbocycles. The van der Waals surface area contributed by atoms with Crippen LogP contribution in [-0.2, 0) is 17.8 Å². The quantitative estimate of drug-likeness (QED) is 0.533. The van der Waals surface area contributed by atoms with Crippen LogP contribution in [0.3, 0.4) is 0 Å². The summed E-state index contributed by atoms with van der Waals surface area (Å²) in [5.41, 5.74) is 6.37. The molecule has 3 aliphatic rings. The van der Waals surface area contributed by atoms with Gasteiger partial charge in [-0.05, 0) is 81.9 Å². The molecule has 7 nitrogen and oxygen atoms in total. The summed E-state index contributed by atoms with van der Waals surface area (Å²) in [5.74, 6) is 0. The Kier molecular flexibility index (Phi) is 6.29. The minimum absolute atomic E-state index is 0.266. The highest BCUT2D eigenvalue weighted by atomic mass is 16.5. The molecule has 3 aromatic rings. The van der Waals surface area contributed by atoms with Crippen molar-refractivity contribution in [3.63, 3.8) is 0 Å². The van der Waals surface area contributed by atoms with Gasteiger partial charge in [-0.1, -0.05) is 17.3 Å². The number of nitrogens with zero attached hydrogens (tertiary/aromatic N) is 6. The van der Waals surface area contributed by atoms with E-state index in [0.717, 1.165) is 31.8 Å². The molecule has 2 aromatic heterocycles. The number of aryl methyl sites for hydroxylation is 1. The van der Waals surface area contributed by atoms with Crippen LogP contribution < -0.4 is 4.90 Å². The van der Waals surface area contributed by atoms with E-state index in [1.54, 1.807) is 0 Å². The molecule has 184 valence electrons. The summed E-state index contributed by atoms with van der Waals surface area (Å²) >= 11 is 0. The minimum atomic E-state index is 0.266. The number of likely N-dealkylation sites (tertiary alicyclic amines) is 1. The molecule has 0 amide bonds. The molecule has 3 saturated heterocycles. The van der Waals surface area contributed by atoms with Crippen LogP contribution >= 0.6 is 0 Å². The smallest absolute Gasteiger partial charge is 0.113 e. The van der Waals surface area contributed by atoms with Crippen LogP contribution in [0.25, 0.3) is 11.3 Å². The largest absolute Gasteiger partial charge is 0.376 e. The molecule has 0 aliphatic carbocycles. The summed E-state index contributed by atoms with van der Waals surface area (Å²) in [7, 11) is 0. The van der Waals surface area contributed by atoms with Crippen LogP contribution in [0.5, 0.6) is 0 Å². The van der Waals surface area contributed by atoms with Crippen LogP contribution in [-0.4, -0.2) is 63.8 Å². The van der Waals surface area contributed by atoms with Gasteiger partial charge in [0, 0.05) is 49.1 Å². The van der Waals surface area contributed by atoms with Gasteiger partial charge in [0.2, 0.25) is 0 Å². The maximum atomic E-state index is 5.86. The van der Waals surface area contributed by atoms with Gasteiger partial charge in [-0.25, -0.2) is 4.68 Å². The number of anilines is 1. The van der Waals surface area contributed by atoms with Crippen LogP contribution in [0.15, 0.2) is 48.8 Å². The van der Waals surface area contributed by atoms with E-state index in [1.165, 1.54) is 74.4 Å². The second-order valence-electron chi connectivity index (χ2n) is 10.8. The highest BCUT2D eigenvalue weighted by Gasteiger charge is 2.44. The Bertz CT molecular complexity index is 1120. The van der Waals surface area contributed by atoms with Crippen LogP contribution in [0.4, 0.5) is 5.69 Å². The van der Waals surface area contributed by atoms with E-state index in [4.69, 9.17) is 4.74 Å². The SMILES string of the molecule is Cc1cc(N2CC3(CCN(Cc4ccccn4)CC3)C2)ccc1-c1cn(CC2CCCCO2)nn1. The molecule has 7 heteroatoms. The van der Waals surface area contributed by atoms with Gasteiger partial charge >= 0.3 is 0 Å². The lowest BCUT2D eigenvalue weighted by molar-refractivity contribution is 0.00370. The zero-order valence-electron chi connectivity index (χ0n) is 20.8. The van der Waals surface area contributed by atoms with E-state index >= 15 is 0 Å². The predicted octanol–water partition coefficient (Wildman–Crippen LogP) is 4.32. The molecule has 3 fully saturated rings. The number of rotatable bonds is 6. The van der Waals surface area contributed by atoms with Gasteiger partial charge in [-0.15, -0.1) is 5.10 Å². The standard InChI is InChI=1S/C28H36N6O/c1-22-16-24(8-9-26(22)27-19-34(31-30-27)18-25-7-3-5-15-35-25)33-20-28(21-33)10-13-32(14-11-28)17-23-6-2-4-12-29-23/h2,4,6,8-9,12,16,19,25H,3,5,7,10-11,13-15,17-18,20-21H2,1H3. The Balaban J connectivity index is 1.04. The molecule has 35 heavy (non-hydrogen) atoms. The third-order valence-corrected chi connectivity index (χ3v) is 8.14. The van der Waals surface area contributed by atoms with Crippen molar-refractivity contribution in [1.82, 2.24) is 24.9 Å². The molecule has 0 saturated carbocycles. The van der Waals surface area contributed by atoms with Crippen molar-refractivity contribution in [2.45, 2.75) is 58.2 Å². The fourth-order valence-electron chi connectivity index (χ4n) is 5.97. The molecule has 1 atom stereocenters. The summed E-state index contributed by atoms with van der Waals surface area (Å²) in [6.45, 7) is 9.50. The van der Waals surface area contributed by atoms with Gasteiger partial charge in [0.25, 0.3) is 0 Å². The lowest BCUT2D eigenvalue weighted by Crippen LogP contribution is -2.60. The number of benzene rings is 1. The van der Waals surface area contributed by atoms with Gasteiger partial charge in [0.1, 0.15) is 5.69 Å². The zero-order valence-corrected chi connectivity index (χ0v) is 20.8. The summed E-state index contributed by atoms with van der Waals surface area (Å²) in [6, 6.07) is 13.0. The van der Waals surface area contributed by atoms with Crippen LogP contribution in [0, 0.1) is 12.3 Å². The first-order chi connectivity index (χ1) is 17.2. The van der Waals surface area contributed by atoms with Crippen molar-refractivity contribution in [3.8, 4) is 11.3 Å². The highest BCUT2D eigenvalue weighted by Crippen LogP contribution is 2.43. The Morgan fingerprint density at radius 3 is 2.71 bits per heavy atom. The molecule has 0 bridgehead atoms. The second-order valence-corrected chi connectivity index (χ2v) is 10.8.